The lowest BCUT2D eigenvalue weighted by Gasteiger charge is -2.34. The van der Waals surface area contributed by atoms with Gasteiger partial charge in [0.15, 0.2) is 5.82 Å². The Morgan fingerprint density at radius 3 is 2.23 bits per heavy atom. The van der Waals surface area contributed by atoms with Gasteiger partial charge in [0.25, 0.3) is 0 Å². The molecule has 3 rings (SSSR count). The maximum atomic E-state index is 12.6. The first-order chi connectivity index (χ1) is 10.5. The smallest absolute Gasteiger partial charge is 0.243 e. The summed E-state index contributed by atoms with van der Waals surface area (Å²) in [5, 5.41) is 4.35. The van der Waals surface area contributed by atoms with Gasteiger partial charge in [-0.15, -0.1) is 0 Å². The van der Waals surface area contributed by atoms with E-state index in [4.69, 9.17) is 5.73 Å². The Balaban J connectivity index is 1.71. The molecule has 1 aliphatic rings. The molecule has 1 aromatic heterocycles. The Kier molecular flexibility index (Phi) is 3.79. The third-order valence-corrected chi connectivity index (χ3v) is 5.69. The SMILES string of the molecule is Cn1ccc(N2CCN(S(=O)(=O)c3ccc(N)cc3)CC2)n1. The molecule has 2 aromatic rings. The minimum absolute atomic E-state index is 0.285. The molecular weight excluding hydrogens is 302 g/mol. The molecule has 0 aliphatic carbocycles. The predicted octanol–water partition coefficient (Wildman–Crippen LogP) is 0.513. The van der Waals surface area contributed by atoms with Crippen molar-refractivity contribution in [2.24, 2.45) is 7.05 Å². The van der Waals surface area contributed by atoms with Crippen molar-refractivity contribution in [3.05, 3.63) is 36.5 Å². The van der Waals surface area contributed by atoms with Crippen LogP contribution in [0.15, 0.2) is 41.4 Å². The van der Waals surface area contributed by atoms with E-state index in [-0.39, 0.29) is 4.90 Å². The zero-order valence-electron chi connectivity index (χ0n) is 12.4. The summed E-state index contributed by atoms with van der Waals surface area (Å²) in [6, 6.07) is 8.25. The van der Waals surface area contributed by atoms with Gasteiger partial charge in [0, 0.05) is 51.2 Å². The van der Waals surface area contributed by atoms with E-state index in [2.05, 4.69) is 10.00 Å². The standard InChI is InChI=1S/C14H19N5O2S/c1-17-7-6-14(16-17)18-8-10-19(11-9-18)22(20,21)13-4-2-12(15)3-5-13/h2-7H,8-11,15H2,1H3. The molecule has 1 aliphatic heterocycles. The van der Waals surface area contributed by atoms with Crippen LogP contribution in [0.5, 0.6) is 0 Å². The van der Waals surface area contributed by atoms with Crippen LogP contribution in [0.2, 0.25) is 0 Å². The number of nitrogens with two attached hydrogens (primary N) is 1. The Labute approximate surface area is 130 Å². The van der Waals surface area contributed by atoms with Crippen LogP contribution in [0, 0.1) is 0 Å². The van der Waals surface area contributed by atoms with Crippen molar-refractivity contribution < 1.29 is 8.42 Å². The molecule has 0 atom stereocenters. The van der Waals surface area contributed by atoms with Crippen LogP contribution in [-0.4, -0.2) is 48.7 Å². The molecule has 0 unspecified atom stereocenters. The second-order valence-electron chi connectivity index (χ2n) is 5.31. The van der Waals surface area contributed by atoms with Crippen molar-refractivity contribution in [3.63, 3.8) is 0 Å². The molecule has 1 aromatic carbocycles. The molecule has 0 bridgehead atoms. The average molecular weight is 321 g/mol. The minimum atomic E-state index is -3.45. The fourth-order valence-corrected chi connectivity index (χ4v) is 3.94. The van der Waals surface area contributed by atoms with Gasteiger partial charge in [0.1, 0.15) is 0 Å². The number of nitrogen functional groups attached to an aromatic ring is 1. The molecule has 1 saturated heterocycles. The molecule has 22 heavy (non-hydrogen) atoms. The lowest BCUT2D eigenvalue weighted by molar-refractivity contribution is 0.383. The zero-order chi connectivity index (χ0) is 15.7. The second kappa shape index (κ2) is 5.62. The predicted molar refractivity (Wildman–Crippen MR) is 85.0 cm³/mol. The highest BCUT2D eigenvalue weighted by Gasteiger charge is 2.28. The third-order valence-electron chi connectivity index (χ3n) is 3.78. The lowest BCUT2D eigenvalue weighted by atomic mass is 10.3. The van der Waals surface area contributed by atoms with E-state index in [1.54, 1.807) is 28.9 Å². The summed E-state index contributed by atoms with van der Waals surface area (Å²) < 4.78 is 28.4. The van der Waals surface area contributed by atoms with Crippen LogP contribution in [0.25, 0.3) is 0 Å². The molecule has 0 radical (unpaired) electrons. The Bertz CT molecular complexity index is 746. The van der Waals surface area contributed by atoms with Gasteiger partial charge in [-0.25, -0.2) is 8.42 Å². The summed E-state index contributed by atoms with van der Waals surface area (Å²) in [4.78, 5) is 2.38. The third kappa shape index (κ3) is 2.79. The number of hydrogen-bond acceptors (Lipinski definition) is 5. The summed E-state index contributed by atoms with van der Waals surface area (Å²) in [5.74, 6) is 0.882. The molecule has 0 spiro atoms. The molecule has 0 saturated carbocycles. The molecule has 8 heteroatoms. The number of hydrogen-bond donors (Lipinski definition) is 1. The van der Waals surface area contributed by atoms with Crippen molar-refractivity contribution in [3.8, 4) is 0 Å². The van der Waals surface area contributed by atoms with E-state index in [0.717, 1.165) is 5.82 Å². The average Bonchev–Trinajstić information content (AvgIpc) is 2.94. The zero-order valence-corrected chi connectivity index (χ0v) is 13.2. The van der Waals surface area contributed by atoms with E-state index in [1.165, 1.54) is 4.31 Å². The van der Waals surface area contributed by atoms with Gasteiger partial charge in [0.05, 0.1) is 4.90 Å². The summed E-state index contributed by atoms with van der Waals surface area (Å²) in [6.07, 6.45) is 1.88. The van der Waals surface area contributed by atoms with Crippen LogP contribution < -0.4 is 10.6 Å². The Morgan fingerprint density at radius 1 is 1.05 bits per heavy atom. The molecule has 0 amide bonds. The molecule has 7 nitrogen and oxygen atoms in total. The molecule has 2 N–H and O–H groups in total. The summed E-state index contributed by atoms with van der Waals surface area (Å²) in [6.45, 7) is 2.16. The maximum Gasteiger partial charge on any atom is 0.243 e. The van der Waals surface area contributed by atoms with Gasteiger partial charge in [0.2, 0.25) is 10.0 Å². The topological polar surface area (TPSA) is 84.5 Å². The lowest BCUT2D eigenvalue weighted by Crippen LogP contribution is -2.48. The number of rotatable bonds is 3. The number of aryl methyl sites for hydroxylation is 1. The summed E-state index contributed by atoms with van der Waals surface area (Å²) in [5.41, 5.74) is 6.16. The van der Waals surface area contributed by atoms with Crippen molar-refractivity contribution in [1.29, 1.82) is 0 Å². The molecule has 1 fully saturated rings. The summed E-state index contributed by atoms with van der Waals surface area (Å²) in [7, 11) is -1.59. The van der Waals surface area contributed by atoms with E-state index < -0.39 is 10.0 Å². The van der Waals surface area contributed by atoms with Gasteiger partial charge in [-0.05, 0) is 24.3 Å². The van der Waals surface area contributed by atoms with Gasteiger partial charge in [-0.2, -0.15) is 9.40 Å². The number of piperazine rings is 1. The quantitative estimate of drug-likeness (QED) is 0.833. The molecule has 2 heterocycles. The highest BCUT2D eigenvalue weighted by atomic mass is 32.2. The normalized spacial score (nSPS) is 16.9. The maximum absolute atomic E-state index is 12.6. The van der Waals surface area contributed by atoms with Crippen molar-refractivity contribution in [2.45, 2.75) is 4.90 Å². The number of anilines is 2. The number of aromatic nitrogens is 2. The van der Waals surface area contributed by atoms with Crippen molar-refractivity contribution in [1.82, 2.24) is 14.1 Å². The van der Waals surface area contributed by atoms with Crippen LogP contribution in [0.1, 0.15) is 0 Å². The Morgan fingerprint density at radius 2 is 1.68 bits per heavy atom. The van der Waals surface area contributed by atoms with Crippen molar-refractivity contribution in [2.75, 3.05) is 36.8 Å². The minimum Gasteiger partial charge on any atom is -0.399 e. The first-order valence-corrected chi connectivity index (χ1v) is 8.51. The second-order valence-corrected chi connectivity index (χ2v) is 7.25. The first kappa shape index (κ1) is 14.9. The van der Waals surface area contributed by atoms with Crippen LogP contribution in [0.3, 0.4) is 0 Å². The number of benzene rings is 1. The molecule has 118 valence electrons. The highest BCUT2D eigenvalue weighted by Crippen LogP contribution is 2.20. The number of nitrogens with zero attached hydrogens (tertiary/aromatic N) is 4. The van der Waals surface area contributed by atoms with E-state index in [0.29, 0.717) is 31.9 Å². The van der Waals surface area contributed by atoms with Gasteiger partial charge >= 0.3 is 0 Å². The van der Waals surface area contributed by atoms with Gasteiger partial charge in [-0.3, -0.25) is 4.68 Å². The van der Waals surface area contributed by atoms with Crippen LogP contribution in [0.4, 0.5) is 11.5 Å². The largest absolute Gasteiger partial charge is 0.399 e. The van der Waals surface area contributed by atoms with E-state index in [9.17, 15) is 8.42 Å². The van der Waals surface area contributed by atoms with Gasteiger partial charge < -0.3 is 10.6 Å². The van der Waals surface area contributed by atoms with Crippen molar-refractivity contribution >= 4 is 21.5 Å². The highest BCUT2D eigenvalue weighted by molar-refractivity contribution is 7.89. The van der Waals surface area contributed by atoms with Gasteiger partial charge in [-0.1, -0.05) is 0 Å². The first-order valence-electron chi connectivity index (χ1n) is 7.07. The van der Waals surface area contributed by atoms with Crippen LogP contribution in [-0.2, 0) is 17.1 Å². The Hall–Kier alpha value is -2.06. The number of sulfonamides is 1. The fraction of sp³-hybridized carbons (Fsp3) is 0.357. The van der Waals surface area contributed by atoms with Crippen LogP contribution >= 0.6 is 0 Å². The van der Waals surface area contributed by atoms with E-state index in [1.807, 2.05) is 19.3 Å². The summed E-state index contributed by atoms with van der Waals surface area (Å²) >= 11 is 0. The monoisotopic (exact) mass is 321 g/mol. The molecular formula is C14H19N5O2S. The van der Waals surface area contributed by atoms with E-state index >= 15 is 0 Å². The fourth-order valence-electron chi connectivity index (χ4n) is 2.52.